The van der Waals surface area contributed by atoms with Crippen LogP contribution in [0.25, 0.3) is 0 Å². The number of benzene rings is 1. The average Bonchev–Trinajstić information content (AvgIpc) is 3.20. The summed E-state index contributed by atoms with van der Waals surface area (Å²) in [5.41, 5.74) is 2.59. The lowest BCUT2D eigenvalue weighted by atomic mass is 9.86. The first-order chi connectivity index (χ1) is 14.3. The van der Waals surface area contributed by atoms with E-state index in [1.54, 1.807) is 24.5 Å². The van der Waals surface area contributed by atoms with E-state index in [0.717, 1.165) is 23.6 Å². The molecule has 6 heteroatoms. The third-order valence-electron chi connectivity index (χ3n) is 5.33. The average molecular weight is 390 g/mol. The highest BCUT2D eigenvalue weighted by Crippen LogP contribution is 2.27. The molecular weight excluding hydrogens is 364 g/mol. The molecule has 1 amide bonds. The molecule has 2 heterocycles. The molecule has 1 aliphatic carbocycles. The zero-order valence-corrected chi connectivity index (χ0v) is 16.4. The van der Waals surface area contributed by atoms with E-state index in [1.165, 1.54) is 32.1 Å². The SMILES string of the molecule is O=C(Nc1cc(CC2CCCCC2)[nH]n1)c1cccc(OCc2cccnc2)c1. The van der Waals surface area contributed by atoms with Crippen LogP contribution in [-0.4, -0.2) is 21.1 Å². The molecule has 1 aromatic carbocycles. The molecule has 0 spiro atoms. The van der Waals surface area contributed by atoms with E-state index in [9.17, 15) is 4.79 Å². The van der Waals surface area contributed by atoms with Crippen molar-refractivity contribution in [3.8, 4) is 5.75 Å². The minimum atomic E-state index is -0.201. The largest absolute Gasteiger partial charge is 0.489 e. The van der Waals surface area contributed by atoms with Gasteiger partial charge in [-0.1, -0.05) is 44.2 Å². The summed E-state index contributed by atoms with van der Waals surface area (Å²) < 4.78 is 5.78. The molecule has 2 aromatic heterocycles. The van der Waals surface area contributed by atoms with Crippen LogP contribution in [0.3, 0.4) is 0 Å². The first-order valence-corrected chi connectivity index (χ1v) is 10.2. The van der Waals surface area contributed by atoms with Gasteiger partial charge in [0.15, 0.2) is 5.82 Å². The Morgan fingerprint density at radius 2 is 2.03 bits per heavy atom. The summed E-state index contributed by atoms with van der Waals surface area (Å²) in [6.45, 7) is 0.406. The molecule has 1 saturated carbocycles. The predicted octanol–water partition coefficient (Wildman–Crippen LogP) is 4.76. The number of aromatic nitrogens is 3. The molecule has 4 rings (SSSR count). The van der Waals surface area contributed by atoms with E-state index in [-0.39, 0.29) is 5.91 Å². The number of amides is 1. The molecule has 6 nitrogen and oxygen atoms in total. The molecule has 0 atom stereocenters. The van der Waals surface area contributed by atoms with Gasteiger partial charge in [0.1, 0.15) is 12.4 Å². The predicted molar refractivity (Wildman–Crippen MR) is 112 cm³/mol. The summed E-state index contributed by atoms with van der Waals surface area (Å²) in [4.78, 5) is 16.7. The number of hydrogen-bond acceptors (Lipinski definition) is 4. The van der Waals surface area contributed by atoms with Crippen molar-refractivity contribution in [2.24, 2.45) is 5.92 Å². The number of nitrogens with one attached hydrogen (secondary N) is 2. The third-order valence-corrected chi connectivity index (χ3v) is 5.33. The van der Waals surface area contributed by atoms with Crippen molar-refractivity contribution in [1.82, 2.24) is 15.2 Å². The Bertz CT molecular complexity index is 933. The van der Waals surface area contributed by atoms with Crippen LogP contribution in [0.2, 0.25) is 0 Å². The summed E-state index contributed by atoms with van der Waals surface area (Å²) in [6.07, 6.45) is 11.1. The summed E-state index contributed by atoms with van der Waals surface area (Å²) in [6, 6.07) is 12.9. The van der Waals surface area contributed by atoms with E-state index in [0.29, 0.717) is 23.7 Å². The smallest absolute Gasteiger partial charge is 0.256 e. The van der Waals surface area contributed by atoms with Gasteiger partial charge in [-0.3, -0.25) is 14.9 Å². The van der Waals surface area contributed by atoms with Gasteiger partial charge >= 0.3 is 0 Å². The molecule has 1 fully saturated rings. The highest BCUT2D eigenvalue weighted by molar-refractivity contribution is 6.04. The van der Waals surface area contributed by atoms with E-state index in [2.05, 4.69) is 20.5 Å². The Morgan fingerprint density at radius 3 is 2.86 bits per heavy atom. The van der Waals surface area contributed by atoms with Gasteiger partial charge in [0.05, 0.1) is 0 Å². The standard InChI is InChI=1S/C23H26N4O2/c28-23(25-22-14-20(26-27-22)12-17-6-2-1-3-7-17)19-9-4-10-21(13-19)29-16-18-8-5-11-24-15-18/h4-5,8-11,13-15,17H,1-3,6-7,12,16H2,(H2,25,26,27,28). The minimum Gasteiger partial charge on any atom is -0.489 e. The van der Waals surface area contributed by atoms with Crippen molar-refractivity contribution >= 4 is 11.7 Å². The Morgan fingerprint density at radius 1 is 1.14 bits per heavy atom. The highest BCUT2D eigenvalue weighted by Gasteiger charge is 2.16. The summed E-state index contributed by atoms with van der Waals surface area (Å²) in [5, 5.41) is 10.2. The van der Waals surface area contributed by atoms with Crippen LogP contribution in [0.15, 0.2) is 54.9 Å². The number of aromatic amines is 1. The number of ether oxygens (including phenoxy) is 1. The number of carbonyl (C=O) groups excluding carboxylic acids is 1. The fourth-order valence-corrected chi connectivity index (χ4v) is 3.80. The van der Waals surface area contributed by atoms with Crippen molar-refractivity contribution in [3.63, 3.8) is 0 Å². The summed E-state index contributed by atoms with van der Waals surface area (Å²) >= 11 is 0. The first kappa shape index (κ1) is 19.2. The van der Waals surface area contributed by atoms with E-state index in [1.807, 2.05) is 30.3 Å². The van der Waals surface area contributed by atoms with E-state index < -0.39 is 0 Å². The number of rotatable bonds is 7. The number of anilines is 1. The molecule has 0 aliphatic heterocycles. The van der Waals surface area contributed by atoms with Crippen molar-refractivity contribution in [3.05, 3.63) is 71.7 Å². The lowest BCUT2D eigenvalue weighted by Crippen LogP contribution is -2.12. The van der Waals surface area contributed by atoms with Gasteiger partial charge in [0.2, 0.25) is 0 Å². The minimum absolute atomic E-state index is 0.201. The summed E-state index contributed by atoms with van der Waals surface area (Å²) in [7, 11) is 0. The Labute approximate surface area is 170 Å². The maximum absolute atomic E-state index is 12.6. The number of nitrogens with zero attached hydrogens (tertiary/aromatic N) is 2. The Balaban J connectivity index is 1.33. The number of pyridine rings is 1. The highest BCUT2D eigenvalue weighted by atomic mass is 16.5. The topological polar surface area (TPSA) is 79.9 Å². The van der Waals surface area contributed by atoms with Crippen molar-refractivity contribution in [2.75, 3.05) is 5.32 Å². The fourth-order valence-electron chi connectivity index (χ4n) is 3.80. The molecule has 3 aromatic rings. The Hall–Kier alpha value is -3.15. The number of carbonyl (C=O) groups is 1. The lowest BCUT2D eigenvalue weighted by molar-refractivity contribution is 0.102. The zero-order chi connectivity index (χ0) is 19.9. The first-order valence-electron chi connectivity index (χ1n) is 10.2. The zero-order valence-electron chi connectivity index (χ0n) is 16.4. The van der Waals surface area contributed by atoms with Crippen molar-refractivity contribution < 1.29 is 9.53 Å². The van der Waals surface area contributed by atoms with Gasteiger partial charge in [-0.2, -0.15) is 5.10 Å². The summed E-state index contributed by atoms with van der Waals surface area (Å²) in [5.74, 6) is 1.72. The molecule has 0 bridgehead atoms. The van der Waals surface area contributed by atoms with Crippen molar-refractivity contribution in [2.45, 2.75) is 45.1 Å². The van der Waals surface area contributed by atoms with Crippen LogP contribution < -0.4 is 10.1 Å². The second kappa shape index (κ2) is 9.37. The second-order valence-electron chi connectivity index (χ2n) is 7.62. The van der Waals surface area contributed by atoms with Crippen LogP contribution in [0, 0.1) is 5.92 Å². The van der Waals surface area contributed by atoms with Crippen LogP contribution in [-0.2, 0) is 13.0 Å². The molecule has 0 radical (unpaired) electrons. The normalized spacial score (nSPS) is 14.5. The molecule has 0 saturated heterocycles. The quantitative estimate of drug-likeness (QED) is 0.610. The van der Waals surface area contributed by atoms with Gasteiger partial charge in [0.25, 0.3) is 5.91 Å². The molecular formula is C23H26N4O2. The molecule has 29 heavy (non-hydrogen) atoms. The maximum atomic E-state index is 12.6. The van der Waals surface area contributed by atoms with E-state index >= 15 is 0 Å². The van der Waals surface area contributed by atoms with Crippen LogP contribution in [0.5, 0.6) is 5.75 Å². The van der Waals surface area contributed by atoms with Crippen LogP contribution in [0.1, 0.15) is 53.7 Å². The second-order valence-corrected chi connectivity index (χ2v) is 7.62. The van der Waals surface area contributed by atoms with Gasteiger partial charge in [-0.05, 0) is 36.6 Å². The van der Waals surface area contributed by atoms with Crippen molar-refractivity contribution in [1.29, 1.82) is 0 Å². The molecule has 150 valence electrons. The lowest BCUT2D eigenvalue weighted by Gasteiger charge is -2.20. The Kier molecular flexibility index (Phi) is 6.19. The maximum Gasteiger partial charge on any atom is 0.256 e. The molecule has 1 aliphatic rings. The molecule has 2 N–H and O–H groups in total. The van der Waals surface area contributed by atoms with Gasteiger partial charge in [0, 0.05) is 35.3 Å². The van der Waals surface area contributed by atoms with Crippen LogP contribution in [0.4, 0.5) is 5.82 Å². The monoisotopic (exact) mass is 390 g/mol. The van der Waals surface area contributed by atoms with Gasteiger partial charge in [-0.25, -0.2) is 0 Å². The number of H-pyrrole nitrogens is 1. The third kappa shape index (κ3) is 5.44. The fraction of sp³-hybridized carbons (Fsp3) is 0.348. The van der Waals surface area contributed by atoms with Gasteiger partial charge < -0.3 is 10.1 Å². The number of hydrogen-bond donors (Lipinski definition) is 2. The molecule has 0 unspecified atom stereocenters. The van der Waals surface area contributed by atoms with Gasteiger partial charge in [-0.15, -0.1) is 0 Å². The van der Waals surface area contributed by atoms with E-state index in [4.69, 9.17) is 4.74 Å². The van der Waals surface area contributed by atoms with Crippen LogP contribution >= 0.6 is 0 Å².